The number of carbonyl (C=O) groups is 4. The number of benzene rings is 1. The average molecular weight is 533 g/mol. The van der Waals surface area contributed by atoms with Gasteiger partial charge in [0.05, 0.1) is 12.4 Å². The lowest BCUT2D eigenvalue weighted by atomic mass is 10.0. The van der Waals surface area contributed by atoms with Gasteiger partial charge in [0.25, 0.3) is 0 Å². The molecule has 0 saturated carbocycles. The summed E-state index contributed by atoms with van der Waals surface area (Å²) in [6.07, 6.45) is 1.82. The largest absolute Gasteiger partial charge is 0.508 e. The number of rotatable bonds is 14. The van der Waals surface area contributed by atoms with Gasteiger partial charge >= 0.3 is 5.97 Å². The van der Waals surface area contributed by atoms with Crippen LogP contribution in [-0.4, -0.2) is 79.2 Å². The topological polar surface area (TPSA) is 220 Å². The number of nitrogens with two attached hydrogens (primary N) is 1. The number of carbonyl (C=O) groups excluding carboxylic acids is 3. The Kier molecular flexibility index (Phi) is 11.2. The summed E-state index contributed by atoms with van der Waals surface area (Å²) in [5.74, 6) is -3.46. The number of hydrogen-bond donors (Lipinski definition) is 8. The number of aliphatic hydroxyl groups excluding tert-OH is 1. The number of nitrogens with zero attached hydrogens (tertiary/aromatic N) is 1. The van der Waals surface area contributed by atoms with Gasteiger partial charge in [-0.3, -0.25) is 14.4 Å². The first-order valence-corrected chi connectivity index (χ1v) is 12.2. The molecule has 0 bridgehead atoms. The molecule has 5 unspecified atom stereocenters. The Morgan fingerprint density at radius 3 is 1.97 bits per heavy atom. The minimum absolute atomic E-state index is 0.0124. The van der Waals surface area contributed by atoms with Crippen LogP contribution >= 0.6 is 0 Å². The molecule has 0 spiro atoms. The van der Waals surface area contributed by atoms with Gasteiger partial charge in [0.2, 0.25) is 17.7 Å². The van der Waals surface area contributed by atoms with Crippen molar-refractivity contribution in [1.82, 2.24) is 25.9 Å². The molecule has 0 fully saturated rings. The Hall–Kier alpha value is -3.97. The van der Waals surface area contributed by atoms with Crippen molar-refractivity contribution < 1.29 is 34.5 Å². The third kappa shape index (κ3) is 9.48. The quantitative estimate of drug-likeness (QED) is 0.152. The molecule has 13 heteroatoms. The van der Waals surface area contributed by atoms with Crippen molar-refractivity contribution in [2.75, 3.05) is 0 Å². The van der Waals surface area contributed by atoms with Crippen LogP contribution in [0.25, 0.3) is 0 Å². The number of aromatic amines is 1. The van der Waals surface area contributed by atoms with Crippen molar-refractivity contribution in [3.05, 3.63) is 48.0 Å². The van der Waals surface area contributed by atoms with E-state index >= 15 is 0 Å². The molecule has 5 atom stereocenters. The lowest BCUT2D eigenvalue weighted by molar-refractivity contribution is -0.142. The second kappa shape index (κ2) is 14.1. The van der Waals surface area contributed by atoms with Crippen molar-refractivity contribution in [2.24, 2.45) is 11.7 Å². The van der Waals surface area contributed by atoms with Crippen LogP contribution in [0.3, 0.4) is 0 Å². The number of carboxylic acids is 1. The van der Waals surface area contributed by atoms with Gasteiger partial charge in [-0.15, -0.1) is 0 Å². The van der Waals surface area contributed by atoms with Crippen LogP contribution in [0.4, 0.5) is 0 Å². The van der Waals surface area contributed by atoms with Crippen molar-refractivity contribution in [3.8, 4) is 5.75 Å². The number of aromatic hydroxyl groups is 1. The van der Waals surface area contributed by atoms with Crippen LogP contribution in [-0.2, 0) is 32.0 Å². The van der Waals surface area contributed by atoms with E-state index in [1.54, 1.807) is 12.1 Å². The zero-order valence-corrected chi connectivity index (χ0v) is 21.5. The van der Waals surface area contributed by atoms with Crippen LogP contribution in [0.1, 0.15) is 38.4 Å². The molecular weight excluding hydrogens is 496 g/mol. The van der Waals surface area contributed by atoms with Crippen LogP contribution in [0.15, 0.2) is 36.8 Å². The Morgan fingerprint density at radius 2 is 1.47 bits per heavy atom. The Labute approximate surface area is 220 Å². The zero-order chi connectivity index (χ0) is 28.4. The molecule has 1 heterocycles. The van der Waals surface area contributed by atoms with E-state index in [4.69, 9.17) is 5.73 Å². The lowest BCUT2D eigenvalue weighted by Crippen LogP contribution is -2.59. The van der Waals surface area contributed by atoms with Crippen molar-refractivity contribution in [2.45, 2.75) is 70.3 Å². The van der Waals surface area contributed by atoms with Gasteiger partial charge in [0.15, 0.2) is 0 Å². The Bertz CT molecular complexity index is 1070. The average Bonchev–Trinajstić information content (AvgIpc) is 3.36. The summed E-state index contributed by atoms with van der Waals surface area (Å²) in [4.78, 5) is 57.5. The molecule has 3 amide bonds. The zero-order valence-electron chi connectivity index (χ0n) is 21.5. The third-order valence-electron chi connectivity index (χ3n) is 5.77. The minimum atomic E-state index is -1.30. The second-order valence-electron chi connectivity index (χ2n) is 9.57. The maximum Gasteiger partial charge on any atom is 0.326 e. The SMILES string of the molecule is CC(C)CC(NC(=O)C(Cc1ccc(O)cc1)NC(=O)C(Cc1cnc[nH]1)NC(=O)C(N)C(C)O)C(=O)O. The van der Waals surface area contributed by atoms with Gasteiger partial charge in [0.1, 0.15) is 29.9 Å². The van der Waals surface area contributed by atoms with Gasteiger partial charge in [-0.2, -0.15) is 0 Å². The van der Waals surface area contributed by atoms with Crippen LogP contribution < -0.4 is 21.7 Å². The number of amides is 3. The maximum absolute atomic E-state index is 13.4. The highest BCUT2D eigenvalue weighted by Crippen LogP contribution is 2.13. The highest BCUT2D eigenvalue weighted by atomic mass is 16.4. The third-order valence-corrected chi connectivity index (χ3v) is 5.77. The molecule has 38 heavy (non-hydrogen) atoms. The number of H-pyrrole nitrogens is 1. The molecule has 1 aromatic heterocycles. The van der Waals surface area contributed by atoms with Crippen LogP contribution in [0.2, 0.25) is 0 Å². The van der Waals surface area contributed by atoms with Crippen molar-refractivity contribution >= 4 is 23.7 Å². The summed E-state index contributed by atoms with van der Waals surface area (Å²) in [6, 6.07) is 1.09. The van der Waals surface area contributed by atoms with E-state index in [9.17, 15) is 34.5 Å². The number of aliphatic hydroxyl groups is 1. The van der Waals surface area contributed by atoms with Crippen molar-refractivity contribution in [3.63, 3.8) is 0 Å². The van der Waals surface area contributed by atoms with E-state index in [0.717, 1.165) is 0 Å². The number of imidazole rings is 1. The van der Waals surface area contributed by atoms with Crippen molar-refractivity contribution in [1.29, 1.82) is 0 Å². The van der Waals surface area contributed by atoms with E-state index < -0.39 is 54.0 Å². The summed E-state index contributed by atoms with van der Waals surface area (Å²) in [6.45, 7) is 4.97. The number of nitrogens with one attached hydrogen (secondary N) is 4. The first-order chi connectivity index (χ1) is 17.9. The standard InChI is InChI=1S/C25H36N6O7/c1-13(2)8-20(25(37)38)31-22(34)18(9-15-4-6-17(33)7-5-15)29-23(35)19(10-16-11-27-12-28-16)30-24(36)21(26)14(3)32/h4-7,11-14,18-21,32-33H,8-10,26H2,1-3H3,(H,27,28)(H,29,35)(H,30,36)(H,31,34)(H,37,38). The number of carboxylic acid groups (broad SMARTS) is 1. The van der Waals surface area contributed by atoms with E-state index in [2.05, 4.69) is 25.9 Å². The summed E-state index contributed by atoms with van der Waals surface area (Å²) >= 11 is 0. The van der Waals surface area contributed by atoms with E-state index in [1.165, 1.54) is 31.6 Å². The monoisotopic (exact) mass is 532 g/mol. The van der Waals surface area contributed by atoms with E-state index in [1.807, 2.05) is 13.8 Å². The fraction of sp³-hybridized carbons (Fsp3) is 0.480. The van der Waals surface area contributed by atoms with E-state index in [-0.39, 0.29) is 30.9 Å². The molecule has 9 N–H and O–H groups in total. The van der Waals surface area contributed by atoms with Gasteiger partial charge in [-0.25, -0.2) is 9.78 Å². The van der Waals surface area contributed by atoms with Gasteiger partial charge < -0.3 is 42.0 Å². The number of aromatic nitrogens is 2. The van der Waals surface area contributed by atoms with Gasteiger partial charge in [-0.1, -0.05) is 26.0 Å². The highest BCUT2D eigenvalue weighted by Gasteiger charge is 2.31. The van der Waals surface area contributed by atoms with Gasteiger partial charge in [-0.05, 0) is 37.0 Å². The first kappa shape index (κ1) is 30.3. The molecule has 0 aliphatic rings. The smallest absolute Gasteiger partial charge is 0.326 e. The second-order valence-corrected chi connectivity index (χ2v) is 9.57. The molecule has 13 nitrogen and oxygen atoms in total. The molecule has 0 radical (unpaired) electrons. The lowest BCUT2D eigenvalue weighted by Gasteiger charge is -2.26. The highest BCUT2D eigenvalue weighted by molar-refractivity contribution is 5.94. The van der Waals surface area contributed by atoms with Gasteiger partial charge in [0, 0.05) is 24.7 Å². The molecule has 0 aliphatic heterocycles. The Balaban J connectivity index is 2.30. The summed E-state index contributed by atoms with van der Waals surface area (Å²) in [7, 11) is 0. The predicted octanol–water partition coefficient (Wildman–Crippen LogP) is -0.806. The molecule has 2 rings (SSSR count). The molecule has 0 aliphatic carbocycles. The van der Waals surface area contributed by atoms with Crippen LogP contribution in [0.5, 0.6) is 5.75 Å². The summed E-state index contributed by atoms with van der Waals surface area (Å²) in [5.41, 5.74) is 6.81. The fourth-order valence-electron chi connectivity index (χ4n) is 3.63. The number of phenolic OH excluding ortho intramolecular Hbond substituents is 1. The van der Waals surface area contributed by atoms with Crippen LogP contribution in [0, 0.1) is 5.92 Å². The fourth-order valence-corrected chi connectivity index (χ4v) is 3.63. The molecular formula is C25H36N6O7. The molecule has 1 aromatic carbocycles. The number of hydrogen-bond acceptors (Lipinski definition) is 8. The van der Waals surface area contributed by atoms with E-state index in [0.29, 0.717) is 11.3 Å². The first-order valence-electron chi connectivity index (χ1n) is 12.2. The number of aliphatic carboxylic acids is 1. The summed E-state index contributed by atoms with van der Waals surface area (Å²) < 4.78 is 0. The molecule has 0 saturated heterocycles. The maximum atomic E-state index is 13.4. The number of phenols is 1. The molecule has 2 aromatic rings. The normalized spacial score (nSPS) is 15.1. The molecule has 208 valence electrons. The minimum Gasteiger partial charge on any atom is -0.508 e. The Morgan fingerprint density at radius 1 is 0.921 bits per heavy atom. The summed E-state index contributed by atoms with van der Waals surface area (Å²) in [5, 5.41) is 36.4. The predicted molar refractivity (Wildman–Crippen MR) is 137 cm³/mol.